The molecule has 2 aromatic rings. The molecule has 0 aliphatic carbocycles. The molecule has 6 nitrogen and oxygen atoms in total. The predicted molar refractivity (Wildman–Crippen MR) is 57.8 cm³/mol. The van der Waals surface area contributed by atoms with Gasteiger partial charge in [0, 0.05) is 13.0 Å². The van der Waals surface area contributed by atoms with Crippen molar-refractivity contribution < 1.29 is 4.52 Å². The minimum atomic E-state index is 0.629. The summed E-state index contributed by atoms with van der Waals surface area (Å²) in [7, 11) is 0. The highest BCUT2D eigenvalue weighted by Gasteiger charge is 2.03. The van der Waals surface area contributed by atoms with Crippen molar-refractivity contribution in [2.45, 2.75) is 13.3 Å². The van der Waals surface area contributed by atoms with Crippen LogP contribution >= 0.6 is 11.3 Å². The van der Waals surface area contributed by atoms with E-state index >= 15 is 0 Å². The number of nitrogens with two attached hydrogens (primary N) is 1. The van der Waals surface area contributed by atoms with Crippen LogP contribution in [0.4, 0.5) is 10.1 Å². The molecular weight excluding hydrogens is 214 g/mol. The van der Waals surface area contributed by atoms with E-state index in [1.54, 1.807) is 13.1 Å². The van der Waals surface area contributed by atoms with Gasteiger partial charge in [-0.2, -0.15) is 4.98 Å². The predicted octanol–water partition coefficient (Wildman–Crippen LogP) is 1.07. The molecule has 15 heavy (non-hydrogen) atoms. The maximum atomic E-state index is 5.54. The fourth-order valence-electron chi connectivity index (χ4n) is 1.09. The molecule has 7 heteroatoms. The molecule has 0 spiro atoms. The topological polar surface area (TPSA) is 89.9 Å². The Morgan fingerprint density at radius 2 is 2.47 bits per heavy atom. The Labute approximate surface area is 90.5 Å². The second kappa shape index (κ2) is 4.26. The van der Waals surface area contributed by atoms with Crippen LogP contribution in [0.5, 0.6) is 0 Å². The average Bonchev–Trinajstić information content (AvgIpc) is 2.76. The number of hydrogen-bond acceptors (Lipinski definition) is 7. The smallest absolute Gasteiger partial charge is 0.228 e. The van der Waals surface area contributed by atoms with Crippen molar-refractivity contribution in [1.82, 2.24) is 15.1 Å². The Bertz CT molecular complexity index is 397. The normalized spacial score (nSPS) is 10.5. The highest BCUT2D eigenvalue weighted by Crippen LogP contribution is 2.19. The van der Waals surface area contributed by atoms with Crippen LogP contribution < -0.4 is 11.1 Å². The molecule has 0 unspecified atom stereocenters. The standard InChI is InChI=1S/C8H11N5OS/c1-5-12-7(14-13-5)2-3-10-8-11-4-6(9)15-8/h4H,2-3,9H2,1H3,(H,10,11). The minimum Gasteiger partial charge on any atom is -0.389 e. The summed E-state index contributed by atoms with van der Waals surface area (Å²) < 4.78 is 4.96. The summed E-state index contributed by atoms with van der Waals surface area (Å²) in [5, 5.41) is 8.33. The van der Waals surface area contributed by atoms with Crippen LogP contribution in [0, 0.1) is 6.92 Å². The monoisotopic (exact) mass is 225 g/mol. The van der Waals surface area contributed by atoms with Gasteiger partial charge in [0.2, 0.25) is 5.89 Å². The number of rotatable bonds is 4. The molecule has 2 heterocycles. The van der Waals surface area contributed by atoms with Gasteiger partial charge in [0.05, 0.1) is 6.20 Å². The van der Waals surface area contributed by atoms with E-state index in [9.17, 15) is 0 Å². The summed E-state index contributed by atoms with van der Waals surface area (Å²) in [4.78, 5) is 8.16. The number of thiazole rings is 1. The van der Waals surface area contributed by atoms with Crippen LogP contribution in [0.15, 0.2) is 10.7 Å². The molecule has 0 bridgehead atoms. The Morgan fingerprint density at radius 3 is 3.07 bits per heavy atom. The first kappa shape index (κ1) is 9.91. The third-order valence-corrected chi connectivity index (χ3v) is 2.49. The number of hydrogen-bond donors (Lipinski definition) is 2. The highest BCUT2D eigenvalue weighted by molar-refractivity contribution is 7.19. The Hall–Kier alpha value is -1.63. The Kier molecular flexibility index (Phi) is 2.82. The largest absolute Gasteiger partial charge is 0.389 e. The van der Waals surface area contributed by atoms with Gasteiger partial charge < -0.3 is 15.6 Å². The maximum Gasteiger partial charge on any atom is 0.228 e. The van der Waals surface area contributed by atoms with Gasteiger partial charge in [-0.25, -0.2) is 4.98 Å². The first-order valence-corrected chi connectivity index (χ1v) is 5.30. The molecule has 0 fully saturated rings. The van der Waals surface area contributed by atoms with Crippen LogP contribution in [-0.2, 0) is 6.42 Å². The zero-order valence-corrected chi connectivity index (χ0v) is 9.04. The van der Waals surface area contributed by atoms with Crippen LogP contribution in [0.25, 0.3) is 0 Å². The van der Waals surface area contributed by atoms with E-state index in [1.807, 2.05) is 0 Å². The van der Waals surface area contributed by atoms with E-state index in [1.165, 1.54) is 11.3 Å². The van der Waals surface area contributed by atoms with Crippen molar-refractivity contribution in [3.05, 3.63) is 17.9 Å². The number of aromatic nitrogens is 3. The first-order chi connectivity index (χ1) is 7.24. The molecule has 0 saturated carbocycles. The van der Waals surface area contributed by atoms with E-state index in [4.69, 9.17) is 10.3 Å². The van der Waals surface area contributed by atoms with Gasteiger partial charge in [0.1, 0.15) is 5.00 Å². The van der Waals surface area contributed by atoms with Crippen LogP contribution in [-0.4, -0.2) is 21.7 Å². The van der Waals surface area contributed by atoms with Gasteiger partial charge in [-0.1, -0.05) is 16.5 Å². The van der Waals surface area contributed by atoms with Crippen molar-refractivity contribution in [3.8, 4) is 0 Å². The molecule has 2 rings (SSSR count). The lowest BCUT2D eigenvalue weighted by Gasteiger charge is -1.97. The van der Waals surface area contributed by atoms with Gasteiger partial charge >= 0.3 is 0 Å². The molecular formula is C8H11N5OS. The summed E-state index contributed by atoms with van der Waals surface area (Å²) in [6.45, 7) is 2.50. The quantitative estimate of drug-likeness (QED) is 0.809. The molecule has 0 aliphatic heterocycles. The van der Waals surface area contributed by atoms with E-state index < -0.39 is 0 Å². The van der Waals surface area contributed by atoms with Gasteiger partial charge in [0.25, 0.3) is 0 Å². The van der Waals surface area contributed by atoms with E-state index in [2.05, 4.69) is 20.4 Å². The Balaban J connectivity index is 1.80. The average molecular weight is 225 g/mol. The van der Waals surface area contributed by atoms with Gasteiger partial charge in [-0.15, -0.1) is 0 Å². The summed E-state index contributed by atoms with van der Waals surface area (Å²) in [6, 6.07) is 0. The van der Waals surface area contributed by atoms with E-state index in [0.29, 0.717) is 29.7 Å². The minimum absolute atomic E-state index is 0.629. The fourth-order valence-corrected chi connectivity index (χ4v) is 1.69. The van der Waals surface area contributed by atoms with Crippen molar-refractivity contribution in [2.75, 3.05) is 17.6 Å². The van der Waals surface area contributed by atoms with Gasteiger partial charge in [0.15, 0.2) is 11.0 Å². The SMILES string of the molecule is Cc1noc(CCNc2ncc(N)s2)n1. The van der Waals surface area contributed by atoms with E-state index in [0.717, 1.165) is 5.13 Å². The second-order valence-corrected chi connectivity index (χ2v) is 4.04. The van der Waals surface area contributed by atoms with Crippen molar-refractivity contribution in [3.63, 3.8) is 0 Å². The zero-order chi connectivity index (χ0) is 10.7. The first-order valence-electron chi connectivity index (χ1n) is 4.48. The van der Waals surface area contributed by atoms with Gasteiger partial charge in [-0.3, -0.25) is 0 Å². The molecule has 3 N–H and O–H groups in total. The zero-order valence-electron chi connectivity index (χ0n) is 8.23. The highest BCUT2D eigenvalue weighted by atomic mass is 32.1. The summed E-state index contributed by atoms with van der Waals surface area (Å²) >= 11 is 1.42. The van der Waals surface area contributed by atoms with Crippen LogP contribution in [0.2, 0.25) is 0 Å². The summed E-state index contributed by atoms with van der Waals surface area (Å²) in [6.07, 6.45) is 2.31. The van der Waals surface area contributed by atoms with Crippen molar-refractivity contribution >= 4 is 21.5 Å². The second-order valence-electron chi connectivity index (χ2n) is 2.98. The van der Waals surface area contributed by atoms with Crippen molar-refractivity contribution in [1.29, 1.82) is 0 Å². The summed E-state index contributed by atoms with van der Waals surface area (Å²) in [5.74, 6) is 1.29. The molecule has 0 aliphatic rings. The Morgan fingerprint density at radius 1 is 1.60 bits per heavy atom. The van der Waals surface area contributed by atoms with Gasteiger partial charge in [-0.05, 0) is 6.92 Å². The molecule has 0 atom stereocenters. The third kappa shape index (κ3) is 2.66. The number of aryl methyl sites for hydroxylation is 1. The van der Waals surface area contributed by atoms with Crippen LogP contribution in [0.1, 0.15) is 11.7 Å². The molecule has 0 radical (unpaired) electrons. The number of nitrogen functional groups attached to an aromatic ring is 1. The van der Waals surface area contributed by atoms with E-state index in [-0.39, 0.29) is 0 Å². The lowest BCUT2D eigenvalue weighted by Crippen LogP contribution is -2.04. The number of anilines is 2. The third-order valence-electron chi connectivity index (χ3n) is 1.71. The number of nitrogens with zero attached hydrogens (tertiary/aromatic N) is 3. The molecule has 0 aromatic carbocycles. The number of nitrogens with one attached hydrogen (secondary N) is 1. The maximum absolute atomic E-state index is 5.54. The molecule has 0 saturated heterocycles. The molecule has 80 valence electrons. The van der Waals surface area contributed by atoms with Crippen molar-refractivity contribution in [2.24, 2.45) is 0 Å². The van der Waals surface area contributed by atoms with Crippen LogP contribution in [0.3, 0.4) is 0 Å². The summed E-state index contributed by atoms with van der Waals surface area (Å²) in [5.41, 5.74) is 5.54. The molecule has 0 amide bonds. The lowest BCUT2D eigenvalue weighted by atomic mass is 10.4. The lowest BCUT2D eigenvalue weighted by molar-refractivity contribution is 0.377. The molecule has 2 aromatic heterocycles. The fraction of sp³-hybridized carbons (Fsp3) is 0.375.